The van der Waals surface area contributed by atoms with Crippen LogP contribution >= 0.6 is 15.9 Å². The zero-order chi connectivity index (χ0) is 14.5. The van der Waals surface area contributed by atoms with Gasteiger partial charge in [-0.1, -0.05) is 22.0 Å². The van der Waals surface area contributed by atoms with Gasteiger partial charge in [-0.15, -0.1) is 0 Å². The Balaban J connectivity index is 2.08. The molecule has 0 amide bonds. The quantitative estimate of drug-likeness (QED) is 0.899. The minimum absolute atomic E-state index is 0.114. The molecule has 0 fully saturated rings. The largest absolute Gasteiger partial charge is 0.481 e. The molecule has 0 aliphatic heterocycles. The lowest BCUT2D eigenvalue weighted by Gasteiger charge is -2.16. The third-order valence-corrected chi connectivity index (χ3v) is 3.56. The molecule has 3 nitrogen and oxygen atoms in total. The van der Waals surface area contributed by atoms with Crippen LogP contribution in [0.2, 0.25) is 0 Å². The van der Waals surface area contributed by atoms with Crippen molar-refractivity contribution in [3.63, 3.8) is 0 Å². The van der Waals surface area contributed by atoms with E-state index in [1.807, 2.05) is 19.1 Å². The molecule has 1 atom stereocenters. The standard InChI is InChI=1S/C15H16BrFN2O/c1-10(13-8-12(16)5-6-14(13)17)19-9-11-4-3-7-18-15(11)20-2/h3-8,10,19H,9H2,1-2H3. The van der Waals surface area contributed by atoms with Crippen LogP contribution in [0.1, 0.15) is 24.1 Å². The number of pyridine rings is 1. The number of halogens is 2. The maximum absolute atomic E-state index is 13.8. The lowest BCUT2D eigenvalue weighted by Crippen LogP contribution is -2.19. The Labute approximate surface area is 126 Å². The van der Waals surface area contributed by atoms with Crippen molar-refractivity contribution in [1.29, 1.82) is 0 Å². The van der Waals surface area contributed by atoms with Crippen molar-refractivity contribution in [3.05, 3.63) is 57.9 Å². The number of aromatic nitrogens is 1. The molecule has 20 heavy (non-hydrogen) atoms. The second-order valence-corrected chi connectivity index (χ2v) is 5.36. The van der Waals surface area contributed by atoms with Crippen molar-refractivity contribution >= 4 is 15.9 Å². The molecule has 0 aliphatic carbocycles. The highest BCUT2D eigenvalue weighted by Gasteiger charge is 2.12. The van der Waals surface area contributed by atoms with Gasteiger partial charge in [-0.2, -0.15) is 0 Å². The Morgan fingerprint density at radius 2 is 2.20 bits per heavy atom. The number of hydrogen-bond donors (Lipinski definition) is 1. The van der Waals surface area contributed by atoms with E-state index in [0.29, 0.717) is 18.0 Å². The van der Waals surface area contributed by atoms with Gasteiger partial charge in [-0.25, -0.2) is 9.37 Å². The van der Waals surface area contributed by atoms with E-state index >= 15 is 0 Å². The van der Waals surface area contributed by atoms with Crippen molar-refractivity contribution in [2.24, 2.45) is 0 Å². The van der Waals surface area contributed by atoms with E-state index in [0.717, 1.165) is 10.0 Å². The van der Waals surface area contributed by atoms with Crippen molar-refractivity contribution in [1.82, 2.24) is 10.3 Å². The predicted octanol–water partition coefficient (Wildman–Crippen LogP) is 3.84. The molecule has 0 spiro atoms. The fraction of sp³-hybridized carbons (Fsp3) is 0.267. The summed E-state index contributed by atoms with van der Waals surface area (Å²) in [6.45, 7) is 2.48. The Hall–Kier alpha value is -1.46. The number of nitrogens with zero attached hydrogens (tertiary/aromatic N) is 1. The summed E-state index contributed by atoms with van der Waals surface area (Å²) in [6, 6.07) is 8.61. The third-order valence-electron chi connectivity index (χ3n) is 3.07. The van der Waals surface area contributed by atoms with Crippen LogP contribution in [0.15, 0.2) is 41.0 Å². The van der Waals surface area contributed by atoms with Crippen molar-refractivity contribution in [2.75, 3.05) is 7.11 Å². The fourth-order valence-corrected chi connectivity index (χ4v) is 2.34. The van der Waals surface area contributed by atoms with Gasteiger partial charge in [0.05, 0.1) is 7.11 Å². The van der Waals surface area contributed by atoms with Crippen molar-refractivity contribution in [3.8, 4) is 5.88 Å². The van der Waals surface area contributed by atoms with Crippen LogP contribution in [0.4, 0.5) is 4.39 Å². The number of nitrogens with one attached hydrogen (secondary N) is 1. The van der Waals surface area contributed by atoms with Crippen LogP contribution in [0.5, 0.6) is 5.88 Å². The normalized spacial score (nSPS) is 12.2. The molecule has 1 aromatic carbocycles. The molecule has 2 aromatic rings. The maximum Gasteiger partial charge on any atom is 0.217 e. The Morgan fingerprint density at radius 3 is 2.95 bits per heavy atom. The van der Waals surface area contributed by atoms with E-state index in [4.69, 9.17) is 4.74 Å². The van der Waals surface area contributed by atoms with Gasteiger partial charge in [0, 0.05) is 34.4 Å². The van der Waals surface area contributed by atoms with Crippen molar-refractivity contribution < 1.29 is 9.13 Å². The van der Waals surface area contributed by atoms with Gasteiger partial charge in [0.1, 0.15) is 5.82 Å². The Morgan fingerprint density at radius 1 is 1.40 bits per heavy atom. The van der Waals surface area contributed by atoms with Gasteiger partial charge in [-0.3, -0.25) is 0 Å². The lowest BCUT2D eigenvalue weighted by atomic mass is 10.1. The van der Waals surface area contributed by atoms with Crippen molar-refractivity contribution in [2.45, 2.75) is 19.5 Å². The highest BCUT2D eigenvalue weighted by Crippen LogP contribution is 2.22. The molecule has 1 aromatic heterocycles. The first-order valence-corrected chi connectivity index (χ1v) is 7.07. The van der Waals surface area contributed by atoms with Gasteiger partial charge in [0.2, 0.25) is 5.88 Å². The molecular weight excluding hydrogens is 323 g/mol. The van der Waals surface area contributed by atoms with Gasteiger partial charge < -0.3 is 10.1 Å². The first kappa shape index (κ1) is 14.9. The monoisotopic (exact) mass is 338 g/mol. The summed E-state index contributed by atoms with van der Waals surface area (Å²) < 4.78 is 19.8. The summed E-state index contributed by atoms with van der Waals surface area (Å²) in [5.74, 6) is 0.369. The summed E-state index contributed by atoms with van der Waals surface area (Å²) >= 11 is 3.36. The molecule has 0 saturated carbocycles. The van der Waals surface area contributed by atoms with Crippen LogP contribution in [-0.2, 0) is 6.54 Å². The van der Waals surface area contributed by atoms with Crippen LogP contribution in [0.25, 0.3) is 0 Å². The summed E-state index contributed by atoms with van der Waals surface area (Å²) in [5, 5.41) is 3.28. The van der Waals surface area contributed by atoms with E-state index in [9.17, 15) is 4.39 Å². The molecule has 1 N–H and O–H groups in total. The molecule has 0 saturated heterocycles. The van der Waals surface area contributed by atoms with Gasteiger partial charge >= 0.3 is 0 Å². The molecule has 1 unspecified atom stereocenters. The second-order valence-electron chi connectivity index (χ2n) is 4.44. The molecule has 0 radical (unpaired) electrons. The fourth-order valence-electron chi connectivity index (χ4n) is 1.96. The summed E-state index contributed by atoms with van der Waals surface area (Å²) in [5.41, 5.74) is 1.57. The summed E-state index contributed by atoms with van der Waals surface area (Å²) in [4.78, 5) is 4.14. The minimum Gasteiger partial charge on any atom is -0.481 e. The molecular formula is C15H16BrFN2O. The molecule has 1 heterocycles. The first-order chi connectivity index (χ1) is 9.61. The summed E-state index contributed by atoms with van der Waals surface area (Å²) in [6.07, 6.45) is 1.68. The molecule has 2 rings (SSSR count). The number of hydrogen-bond acceptors (Lipinski definition) is 3. The van der Waals surface area contributed by atoms with E-state index in [1.54, 1.807) is 25.4 Å². The summed E-state index contributed by atoms with van der Waals surface area (Å²) in [7, 11) is 1.59. The molecule has 106 valence electrons. The van der Waals surface area contributed by atoms with Crippen LogP contribution in [0, 0.1) is 5.82 Å². The Kier molecular flexibility index (Phi) is 5.09. The third kappa shape index (κ3) is 3.55. The van der Waals surface area contributed by atoms with Gasteiger partial charge in [0.15, 0.2) is 0 Å². The highest BCUT2D eigenvalue weighted by atomic mass is 79.9. The molecule has 0 aliphatic rings. The number of benzene rings is 1. The average Bonchev–Trinajstić information content (AvgIpc) is 2.47. The number of rotatable bonds is 5. The van der Waals surface area contributed by atoms with E-state index in [2.05, 4.69) is 26.2 Å². The van der Waals surface area contributed by atoms with E-state index in [1.165, 1.54) is 6.07 Å². The van der Waals surface area contributed by atoms with Gasteiger partial charge in [0.25, 0.3) is 0 Å². The zero-order valence-corrected chi connectivity index (χ0v) is 12.9. The lowest BCUT2D eigenvalue weighted by molar-refractivity contribution is 0.389. The topological polar surface area (TPSA) is 34.1 Å². The maximum atomic E-state index is 13.8. The smallest absolute Gasteiger partial charge is 0.217 e. The van der Waals surface area contributed by atoms with E-state index in [-0.39, 0.29) is 11.9 Å². The number of methoxy groups -OCH3 is 1. The SMILES string of the molecule is COc1ncccc1CNC(C)c1cc(Br)ccc1F. The minimum atomic E-state index is -0.216. The molecule has 5 heteroatoms. The number of ether oxygens (including phenoxy) is 1. The molecule has 0 bridgehead atoms. The average molecular weight is 339 g/mol. The van der Waals surface area contributed by atoms with Crippen LogP contribution in [0.3, 0.4) is 0 Å². The predicted molar refractivity (Wildman–Crippen MR) is 80.1 cm³/mol. The van der Waals surface area contributed by atoms with Crippen LogP contribution < -0.4 is 10.1 Å². The first-order valence-electron chi connectivity index (χ1n) is 6.28. The van der Waals surface area contributed by atoms with E-state index < -0.39 is 0 Å². The van der Waals surface area contributed by atoms with Crippen LogP contribution in [-0.4, -0.2) is 12.1 Å². The van der Waals surface area contributed by atoms with Gasteiger partial charge in [-0.05, 0) is 31.2 Å². The Bertz CT molecular complexity index is 592. The zero-order valence-electron chi connectivity index (χ0n) is 11.4. The highest BCUT2D eigenvalue weighted by molar-refractivity contribution is 9.10. The second kappa shape index (κ2) is 6.81.